The van der Waals surface area contributed by atoms with Crippen molar-refractivity contribution in [2.45, 2.75) is 39.7 Å². The molecule has 1 aliphatic heterocycles. The quantitative estimate of drug-likeness (QED) is 0.757. The van der Waals surface area contributed by atoms with E-state index in [-0.39, 0.29) is 5.78 Å². The highest BCUT2D eigenvalue weighted by Crippen LogP contribution is 2.22. The molecule has 0 N–H and O–H groups in total. The maximum atomic E-state index is 11.6. The Hall–Kier alpha value is -0.780. The first-order valence-electron chi connectivity index (χ1n) is 7.31. The van der Waals surface area contributed by atoms with E-state index in [1.165, 1.54) is 37.3 Å². The Kier molecular flexibility index (Phi) is 5.69. The third kappa shape index (κ3) is 4.11. The first kappa shape index (κ1) is 15.6. The fourth-order valence-corrected chi connectivity index (χ4v) is 3.71. The highest BCUT2D eigenvalue weighted by atomic mass is 32.1. The van der Waals surface area contributed by atoms with Crippen molar-refractivity contribution in [3.63, 3.8) is 0 Å². The van der Waals surface area contributed by atoms with E-state index >= 15 is 0 Å². The lowest BCUT2D eigenvalue weighted by Crippen LogP contribution is -2.35. The zero-order valence-corrected chi connectivity index (χ0v) is 13.5. The monoisotopic (exact) mass is 296 g/mol. The van der Waals surface area contributed by atoms with Gasteiger partial charge in [0.15, 0.2) is 5.78 Å². The molecule has 1 atom stereocenters. The fraction of sp³-hybridized carbons (Fsp3) is 0.733. The number of carbonyl (C=O) groups is 1. The van der Waals surface area contributed by atoms with Crippen molar-refractivity contribution in [1.82, 2.24) is 9.88 Å². The molecule has 0 bridgehead atoms. The van der Waals surface area contributed by atoms with Crippen LogP contribution in [0.25, 0.3) is 0 Å². The number of ketones is 1. The largest absolute Gasteiger partial charge is 0.378 e. The van der Waals surface area contributed by atoms with E-state index in [4.69, 9.17) is 4.74 Å². The van der Waals surface area contributed by atoms with Gasteiger partial charge in [-0.3, -0.25) is 4.79 Å². The van der Waals surface area contributed by atoms with Crippen LogP contribution in [0, 0.1) is 5.92 Å². The van der Waals surface area contributed by atoms with Crippen LogP contribution in [0.2, 0.25) is 0 Å². The van der Waals surface area contributed by atoms with Gasteiger partial charge in [-0.1, -0.05) is 6.92 Å². The van der Waals surface area contributed by atoms with Crippen molar-refractivity contribution in [3.05, 3.63) is 15.6 Å². The molecule has 0 radical (unpaired) electrons. The summed E-state index contributed by atoms with van der Waals surface area (Å²) in [5.74, 6) is 0.893. The third-order valence-electron chi connectivity index (χ3n) is 3.73. The summed E-state index contributed by atoms with van der Waals surface area (Å²) in [6.45, 7) is 7.77. The van der Waals surface area contributed by atoms with Gasteiger partial charge in [-0.2, -0.15) is 0 Å². The van der Waals surface area contributed by atoms with Crippen LogP contribution in [0.5, 0.6) is 0 Å². The second kappa shape index (κ2) is 7.29. The molecule has 1 unspecified atom stereocenters. The standard InChI is InChI=1S/C15H24N2O2S/c1-11-5-4-7-17(9-11)8-6-14-16-13(10-19-3)15(20-14)12(2)18/h11H,4-10H2,1-3H3. The normalized spacial score (nSPS) is 20.2. The predicted molar refractivity (Wildman–Crippen MR) is 81.4 cm³/mol. The first-order valence-corrected chi connectivity index (χ1v) is 8.12. The van der Waals surface area contributed by atoms with Crippen LogP contribution in [0.15, 0.2) is 0 Å². The summed E-state index contributed by atoms with van der Waals surface area (Å²) >= 11 is 1.53. The first-order chi connectivity index (χ1) is 9.60. The van der Waals surface area contributed by atoms with Gasteiger partial charge in [0.25, 0.3) is 0 Å². The molecule has 0 aliphatic carbocycles. The molecule has 112 valence electrons. The van der Waals surface area contributed by atoms with Crippen molar-refractivity contribution in [2.24, 2.45) is 5.92 Å². The number of rotatable bonds is 6. The van der Waals surface area contributed by atoms with E-state index in [0.717, 1.165) is 34.5 Å². The summed E-state index contributed by atoms with van der Waals surface area (Å²) in [6, 6.07) is 0. The Morgan fingerprint density at radius 1 is 1.55 bits per heavy atom. The molecule has 0 saturated carbocycles. The second-order valence-electron chi connectivity index (χ2n) is 5.67. The van der Waals surface area contributed by atoms with Crippen LogP contribution < -0.4 is 0 Å². The lowest BCUT2D eigenvalue weighted by molar-refractivity contribution is 0.101. The molecule has 0 spiro atoms. The average Bonchev–Trinajstić information content (AvgIpc) is 2.80. The van der Waals surface area contributed by atoms with Gasteiger partial charge in [-0.15, -0.1) is 11.3 Å². The number of likely N-dealkylation sites (tertiary alicyclic amines) is 1. The zero-order valence-electron chi connectivity index (χ0n) is 12.6. The van der Waals surface area contributed by atoms with E-state index < -0.39 is 0 Å². The van der Waals surface area contributed by atoms with Crippen molar-refractivity contribution >= 4 is 17.1 Å². The van der Waals surface area contributed by atoms with Gasteiger partial charge in [0.1, 0.15) is 0 Å². The second-order valence-corrected chi connectivity index (χ2v) is 6.75. The zero-order chi connectivity index (χ0) is 14.5. The Morgan fingerprint density at radius 3 is 3.00 bits per heavy atom. The molecular formula is C15H24N2O2S. The van der Waals surface area contributed by atoms with Gasteiger partial charge in [0.05, 0.1) is 22.2 Å². The fourth-order valence-electron chi connectivity index (χ4n) is 2.76. The number of hydrogen-bond donors (Lipinski definition) is 0. The number of ether oxygens (including phenoxy) is 1. The van der Waals surface area contributed by atoms with Gasteiger partial charge >= 0.3 is 0 Å². The number of carbonyl (C=O) groups excluding carboxylic acids is 1. The molecule has 1 aromatic rings. The van der Waals surface area contributed by atoms with E-state index in [1.807, 2.05) is 0 Å². The summed E-state index contributed by atoms with van der Waals surface area (Å²) in [6.07, 6.45) is 3.58. The van der Waals surface area contributed by atoms with Crippen molar-refractivity contribution in [3.8, 4) is 0 Å². The molecule has 2 heterocycles. The van der Waals surface area contributed by atoms with Crippen LogP contribution in [-0.2, 0) is 17.8 Å². The van der Waals surface area contributed by atoms with E-state index in [0.29, 0.717) is 6.61 Å². The van der Waals surface area contributed by atoms with Crippen LogP contribution in [0.3, 0.4) is 0 Å². The Balaban J connectivity index is 1.95. The molecule has 4 nitrogen and oxygen atoms in total. The smallest absolute Gasteiger partial charge is 0.171 e. The minimum atomic E-state index is 0.0902. The van der Waals surface area contributed by atoms with Gasteiger partial charge in [0.2, 0.25) is 0 Å². The minimum Gasteiger partial charge on any atom is -0.378 e. The number of thiazole rings is 1. The summed E-state index contributed by atoms with van der Waals surface area (Å²) in [4.78, 5) is 19.4. The van der Waals surface area contributed by atoms with E-state index in [1.54, 1.807) is 14.0 Å². The summed E-state index contributed by atoms with van der Waals surface area (Å²) in [5, 5.41) is 1.06. The molecule has 20 heavy (non-hydrogen) atoms. The highest BCUT2D eigenvalue weighted by Gasteiger charge is 2.18. The number of hydrogen-bond acceptors (Lipinski definition) is 5. The lowest BCUT2D eigenvalue weighted by Gasteiger charge is -2.30. The van der Waals surface area contributed by atoms with Crippen LogP contribution in [0.1, 0.15) is 47.1 Å². The van der Waals surface area contributed by atoms with Gasteiger partial charge < -0.3 is 9.64 Å². The predicted octanol–water partition coefficient (Wildman–Crippen LogP) is 2.77. The number of methoxy groups -OCH3 is 1. The van der Waals surface area contributed by atoms with Crippen LogP contribution in [0.4, 0.5) is 0 Å². The highest BCUT2D eigenvalue weighted by molar-refractivity contribution is 7.13. The Labute approximate surface area is 125 Å². The van der Waals surface area contributed by atoms with Crippen molar-refractivity contribution < 1.29 is 9.53 Å². The maximum absolute atomic E-state index is 11.6. The lowest BCUT2D eigenvalue weighted by atomic mass is 10.0. The van der Waals surface area contributed by atoms with Crippen molar-refractivity contribution in [2.75, 3.05) is 26.7 Å². The minimum absolute atomic E-state index is 0.0902. The molecule has 5 heteroatoms. The third-order valence-corrected chi connectivity index (χ3v) is 4.98. The van der Waals surface area contributed by atoms with Gasteiger partial charge in [0, 0.05) is 33.5 Å². The topological polar surface area (TPSA) is 42.4 Å². The van der Waals surface area contributed by atoms with Crippen LogP contribution >= 0.6 is 11.3 Å². The van der Waals surface area contributed by atoms with E-state index in [2.05, 4.69) is 16.8 Å². The van der Waals surface area contributed by atoms with Crippen LogP contribution in [-0.4, -0.2) is 42.4 Å². The average molecular weight is 296 g/mol. The van der Waals surface area contributed by atoms with Gasteiger partial charge in [-0.05, 0) is 25.3 Å². The summed E-state index contributed by atoms with van der Waals surface area (Å²) in [7, 11) is 1.64. The van der Waals surface area contributed by atoms with E-state index in [9.17, 15) is 4.79 Å². The maximum Gasteiger partial charge on any atom is 0.171 e. The SMILES string of the molecule is COCc1nc(CCN2CCCC(C)C2)sc1C(C)=O. The summed E-state index contributed by atoms with van der Waals surface area (Å²) < 4.78 is 5.12. The molecule has 0 amide bonds. The molecule has 0 aromatic carbocycles. The van der Waals surface area contributed by atoms with Gasteiger partial charge in [-0.25, -0.2) is 4.98 Å². The molecule has 1 fully saturated rings. The molecule has 2 rings (SSSR count). The number of aromatic nitrogens is 1. The number of piperidine rings is 1. The molecule has 1 saturated heterocycles. The molecule has 1 aromatic heterocycles. The number of nitrogens with zero attached hydrogens (tertiary/aromatic N) is 2. The van der Waals surface area contributed by atoms with Crippen molar-refractivity contribution in [1.29, 1.82) is 0 Å². The number of Topliss-reactive ketones (excluding diaryl/α,β-unsaturated/α-hetero) is 1. The summed E-state index contributed by atoms with van der Waals surface area (Å²) in [5.41, 5.74) is 0.798. The molecular weight excluding hydrogens is 272 g/mol. The molecule has 1 aliphatic rings. The Bertz CT molecular complexity index is 459. The Morgan fingerprint density at radius 2 is 2.35 bits per heavy atom.